The summed E-state index contributed by atoms with van der Waals surface area (Å²) in [5.41, 5.74) is 1.04. The maximum absolute atomic E-state index is 13.1. The summed E-state index contributed by atoms with van der Waals surface area (Å²) in [6.07, 6.45) is 0.675. The average Bonchev–Trinajstić information content (AvgIpc) is 2.46. The van der Waals surface area contributed by atoms with Gasteiger partial charge in [-0.25, -0.2) is 9.37 Å². The van der Waals surface area contributed by atoms with Gasteiger partial charge < -0.3 is 4.74 Å². The largest absolute Gasteiger partial charge is 0.438 e. The molecule has 0 saturated heterocycles. The Hall–Kier alpha value is -2.75. The number of pyridine rings is 1. The molecule has 1 aromatic heterocycles. The molecule has 3 rings (SSSR count). The van der Waals surface area contributed by atoms with Crippen molar-refractivity contribution in [2.45, 2.75) is 0 Å². The molecule has 0 bridgehead atoms. The first-order valence-electron chi connectivity index (χ1n) is 6.04. The van der Waals surface area contributed by atoms with Crippen molar-refractivity contribution in [2.24, 2.45) is 0 Å². The van der Waals surface area contributed by atoms with Gasteiger partial charge in [-0.1, -0.05) is 24.3 Å². The number of carbonyl (C=O) groups is 1. The fourth-order valence-corrected chi connectivity index (χ4v) is 1.92. The summed E-state index contributed by atoms with van der Waals surface area (Å²) < 4.78 is 18.6. The Morgan fingerprint density at radius 1 is 1.05 bits per heavy atom. The van der Waals surface area contributed by atoms with E-state index in [-0.39, 0.29) is 5.88 Å². The van der Waals surface area contributed by atoms with Crippen molar-refractivity contribution in [3.8, 4) is 11.6 Å². The van der Waals surface area contributed by atoms with Crippen LogP contribution in [0.15, 0.2) is 54.6 Å². The molecule has 20 heavy (non-hydrogen) atoms. The monoisotopic (exact) mass is 267 g/mol. The normalized spacial score (nSPS) is 10.4. The molecule has 1 heterocycles. The highest BCUT2D eigenvalue weighted by Crippen LogP contribution is 2.26. The number of para-hydroxylation sites is 1. The Kier molecular flexibility index (Phi) is 3.13. The van der Waals surface area contributed by atoms with E-state index in [0.29, 0.717) is 23.1 Å². The third kappa shape index (κ3) is 2.36. The Labute approximate surface area is 114 Å². The summed E-state index contributed by atoms with van der Waals surface area (Å²) in [4.78, 5) is 15.4. The van der Waals surface area contributed by atoms with Gasteiger partial charge in [0.15, 0.2) is 6.29 Å². The topological polar surface area (TPSA) is 39.2 Å². The lowest BCUT2D eigenvalue weighted by Crippen LogP contribution is -1.95. The number of benzene rings is 2. The molecule has 3 nitrogen and oxygen atoms in total. The lowest BCUT2D eigenvalue weighted by atomic mass is 10.1. The molecule has 0 fully saturated rings. The van der Waals surface area contributed by atoms with Gasteiger partial charge in [0.2, 0.25) is 5.88 Å². The predicted octanol–water partition coefficient (Wildman–Crippen LogP) is 3.98. The molecular weight excluding hydrogens is 257 g/mol. The second-order valence-corrected chi connectivity index (χ2v) is 4.25. The molecule has 0 aliphatic carbocycles. The Morgan fingerprint density at radius 2 is 1.90 bits per heavy atom. The van der Waals surface area contributed by atoms with E-state index in [1.807, 2.05) is 24.3 Å². The first-order valence-corrected chi connectivity index (χ1v) is 6.04. The zero-order chi connectivity index (χ0) is 13.9. The van der Waals surface area contributed by atoms with Crippen LogP contribution in [0.1, 0.15) is 10.4 Å². The summed E-state index contributed by atoms with van der Waals surface area (Å²) in [5.74, 6) is 0.0659. The lowest BCUT2D eigenvalue weighted by Gasteiger charge is -2.08. The van der Waals surface area contributed by atoms with E-state index >= 15 is 0 Å². The molecule has 0 saturated carbocycles. The maximum Gasteiger partial charge on any atom is 0.230 e. The van der Waals surface area contributed by atoms with Gasteiger partial charge >= 0.3 is 0 Å². The zero-order valence-corrected chi connectivity index (χ0v) is 10.4. The minimum absolute atomic E-state index is 0.171. The van der Waals surface area contributed by atoms with Crippen molar-refractivity contribution >= 4 is 17.2 Å². The quantitative estimate of drug-likeness (QED) is 0.674. The third-order valence-electron chi connectivity index (χ3n) is 2.85. The first-order chi connectivity index (χ1) is 9.76. The lowest BCUT2D eigenvalue weighted by molar-refractivity contribution is 0.112. The number of aldehydes is 1. The standard InChI is InChI=1S/C16H10FNO2/c17-13-5-3-6-14(9-13)20-16-12(10-19)8-11-4-1-2-7-15(11)18-16/h1-10H. The van der Waals surface area contributed by atoms with Crippen molar-refractivity contribution in [1.29, 1.82) is 0 Å². The molecule has 0 N–H and O–H groups in total. The fraction of sp³-hybridized carbons (Fsp3) is 0. The minimum Gasteiger partial charge on any atom is -0.438 e. The summed E-state index contributed by atoms with van der Waals surface area (Å²) >= 11 is 0. The highest BCUT2D eigenvalue weighted by molar-refractivity contribution is 5.88. The highest BCUT2D eigenvalue weighted by atomic mass is 19.1. The van der Waals surface area contributed by atoms with Crippen LogP contribution in [0.2, 0.25) is 0 Å². The van der Waals surface area contributed by atoms with E-state index in [2.05, 4.69) is 4.98 Å². The number of carbonyl (C=O) groups excluding carboxylic acids is 1. The van der Waals surface area contributed by atoms with Gasteiger partial charge in [0.1, 0.15) is 11.6 Å². The number of nitrogens with zero attached hydrogens (tertiary/aromatic N) is 1. The van der Waals surface area contributed by atoms with Crippen molar-refractivity contribution < 1.29 is 13.9 Å². The van der Waals surface area contributed by atoms with Gasteiger partial charge in [0.05, 0.1) is 11.1 Å². The Bertz CT molecular complexity index is 786. The van der Waals surface area contributed by atoms with E-state index < -0.39 is 5.82 Å². The molecule has 0 aliphatic heterocycles. The van der Waals surface area contributed by atoms with Crippen molar-refractivity contribution in [3.63, 3.8) is 0 Å². The van der Waals surface area contributed by atoms with Crippen LogP contribution in [-0.2, 0) is 0 Å². The number of fused-ring (bicyclic) bond motifs is 1. The van der Waals surface area contributed by atoms with Crippen molar-refractivity contribution in [3.05, 3.63) is 66.0 Å². The molecule has 0 atom stereocenters. The average molecular weight is 267 g/mol. The van der Waals surface area contributed by atoms with E-state index in [4.69, 9.17) is 4.74 Å². The van der Waals surface area contributed by atoms with Gasteiger partial charge in [-0.05, 0) is 24.3 Å². The second kappa shape index (κ2) is 5.09. The van der Waals surface area contributed by atoms with Crippen LogP contribution in [0.4, 0.5) is 4.39 Å². The molecule has 4 heteroatoms. The van der Waals surface area contributed by atoms with Gasteiger partial charge in [-0.2, -0.15) is 0 Å². The summed E-state index contributed by atoms with van der Waals surface area (Å²) in [5, 5.41) is 0.848. The summed E-state index contributed by atoms with van der Waals surface area (Å²) in [7, 11) is 0. The highest BCUT2D eigenvalue weighted by Gasteiger charge is 2.09. The SMILES string of the molecule is O=Cc1cc2ccccc2nc1Oc1cccc(F)c1. The molecule has 3 aromatic rings. The number of hydrogen-bond donors (Lipinski definition) is 0. The molecule has 0 radical (unpaired) electrons. The van der Waals surface area contributed by atoms with E-state index in [0.717, 1.165) is 5.39 Å². The summed E-state index contributed by atoms with van der Waals surface area (Å²) in [6, 6.07) is 14.8. The molecule has 0 aliphatic rings. The molecule has 0 spiro atoms. The minimum atomic E-state index is -0.407. The van der Waals surface area contributed by atoms with Gasteiger partial charge in [0.25, 0.3) is 0 Å². The Balaban J connectivity index is 2.07. The van der Waals surface area contributed by atoms with E-state index in [9.17, 15) is 9.18 Å². The van der Waals surface area contributed by atoms with Crippen LogP contribution >= 0.6 is 0 Å². The predicted molar refractivity (Wildman–Crippen MR) is 73.6 cm³/mol. The summed E-state index contributed by atoms with van der Waals surface area (Å²) in [6.45, 7) is 0. The first kappa shape index (κ1) is 12.3. The van der Waals surface area contributed by atoms with Crippen LogP contribution in [-0.4, -0.2) is 11.3 Å². The fourth-order valence-electron chi connectivity index (χ4n) is 1.92. The van der Waals surface area contributed by atoms with Crippen LogP contribution in [0.5, 0.6) is 11.6 Å². The number of hydrogen-bond acceptors (Lipinski definition) is 3. The number of ether oxygens (including phenoxy) is 1. The van der Waals surface area contributed by atoms with Crippen LogP contribution < -0.4 is 4.74 Å². The van der Waals surface area contributed by atoms with E-state index in [1.165, 1.54) is 18.2 Å². The molecular formula is C16H10FNO2. The van der Waals surface area contributed by atoms with E-state index in [1.54, 1.807) is 12.1 Å². The Morgan fingerprint density at radius 3 is 2.70 bits per heavy atom. The number of aromatic nitrogens is 1. The van der Waals surface area contributed by atoms with Crippen LogP contribution in [0.3, 0.4) is 0 Å². The zero-order valence-electron chi connectivity index (χ0n) is 10.4. The number of rotatable bonds is 3. The van der Waals surface area contributed by atoms with Gasteiger partial charge in [-0.15, -0.1) is 0 Å². The molecule has 0 amide bonds. The maximum atomic E-state index is 13.1. The third-order valence-corrected chi connectivity index (χ3v) is 2.85. The van der Waals surface area contributed by atoms with Crippen LogP contribution in [0.25, 0.3) is 10.9 Å². The molecule has 98 valence electrons. The van der Waals surface area contributed by atoms with Crippen LogP contribution in [0, 0.1) is 5.82 Å². The number of halogens is 1. The molecule has 2 aromatic carbocycles. The molecule has 0 unspecified atom stereocenters. The second-order valence-electron chi connectivity index (χ2n) is 4.25. The van der Waals surface area contributed by atoms with Gasteiger partial charge in [0, 0.05) is 11.5 Å². The van der Waals surface area contributed by atoms with Crippen molar-refractivity contribution in [1.82, 2.24) is 4.98 Å². The van der Waals surface area contributed by atoms with Crippen molar-refractivity contribution in [2.75, 3.05) is 0 Å². The van der Waals surface area contributed by atoms with Gasteiger partial charge in [-0.3, -0.25) is 4.79 Å². The smallest absolute Gasteiger partial charge is 0.230 e.